The van der Waals surface area contributed by atoms with Crippen LogP contribution in [0.4, 0.5) is 0 Å². The van der Waals surface area contributed by atoms with Crippen LogP contribution < -0.4 is 0 Å². The maximum Gasteiger partial charge on any atom is 0.164 e. The van der Waals surface area contributed by atoms with E-state index in [1.165, 1.54) is 16.7 Å². The van der Waals surface area contributed by atoms with Gasteiger partial charge in [0.1, 0.15) is 5.01 Å². The molecule has 240 valence electrons. The van der Waals surface area contributed by atoms with Crippen molar-refractivity contribution >= 4 is 21.6 Å². The van der Waals surface area contributed by atoms with Crippen molar-refractivity contribution in [1.82, 2.24) is 19.9 Å². The van der Waals surface area contributed by atoms with Gasteiger partial charge in [-0.3, -0.25) is 0 Å². The van der Waals surface area contributed by atoms with Gasteiger partial charge < -0.3 is 0 Å². The SMILES string of the molecule is c1ccc(-c2ccc(-c3nc(-c4ccccc4)nc(-c4ccc5sc(-c6cc(-c7ccccc7)cc(-c7ccccc7)c6)nc5c4)n3)cc2)cc1. The largest absolute Gasteiger partial charge is 0.236 e. The molecule has 9 aromatic rings. The number of nitrogens with zero attached hydrogens (tertiary/aromatic N) is 4. The molecule has 0 amide bonds. The van der Waals surface area contributed by atoms with Crippen LogP contribution in [-0.2, 0) is 0 Å². The Morgan fingerprint density at radius 1 is 0.275 bits per heavy atom. The zero-order valence-electron chi connectivity index (χ0n) is 27.5. The van der Waals surface area contributed by atoms with Gasteiger partial charge in [0.05, 0.1) is 10.2 Å². The first-order valence-electron chi connectivity index (χ1n) is 16.9. The Balaban J connectivity index is 1.12. The van der Waals surface area contributed by atoms with Gasteiger partial charge in [-0.1, -0.05) is 146 Å². The summed E-state index contributed by atoms with van der Waals surface area (Å²) >= 11 is 1.70. The molecule has 0 aliphatic heterocycles. The van der Waals surface area contributed by atoms with Crippen molar-refractivity contribution in [3.63, 3.8) is 0 Å². The number of aromatic nitrogens is 4. The van der Waals surface area contributed by atoms with E-state index in [0.29, 0.717) is 17.5 Å². The lowest BCUT2D eigenvalue weighted by atomic mass is 9.96. The predicted molar refractivity (Wildman–Crippen MR) is 211 cm³/mol. The molecule has 0 atom stereocenters. The van der Waals surface area contributed by atoms with Gasteiger partial charge in [0.25, 0.3) is 0 Å². The second-order valence-corrected chi connectivity index (χ2v) is 13.4. The van der Waals surface area contributed by atoms with Crippen LogP contribution in [0.1, 0.15) is 0 Å². The van der Waals surface area contributed by atoms with E-state index in [1.54, 1.807) is 11.3 Å². The first-order valence-corrected chi connectivity index (χ1v) is 17.7. The van der Waals surface area contributed by atoms with Gasteiger partial charge in [0.2, 0.25) is 0 Å². The average Bonchev–Trinajstić information content (AvgIpc) is 3.66. The van der Waals surface area contributed by atoms with E-state index in [9.17, 15) is 0 Å². The molecule has 5 heteroatoms. The minimum atomic E-state index is 0.611. The van der Waals surface area contributed by atoms with Crippen molar-refractivity contribution in [2.75, 3.05) is 0 Å². The number of benzene rings is 7. The van der Waals surface area contributed by atoms with Crippen molar-refractivity contribution in [2.24, 2.45) is 0 Å². The summed E-state index contributed by atoms with van der Waals surface area (Å²) in [5, 5.41) is 0.969. The summed E-state index contributed by atoms with van der Waals surface area (Å²) in [6.07, 6.45) is 0. The Morgan fingerprint density at radius 3 is 1.18 bits per heavy atom. The molecule has 0 bridgehead atoms. The summed E-state index contributed by atoms with van der Waals surface area (Å²) in [7, 11) is 0. The fourth-order valence-electron chi connectivity index (χ4n) is 6.33. The van der Waals surface area contributed by atoms with E-state index in [-0.39, 0.29) is 0 Å². The summed E-state index contributed by atoms with van der Waals surface area (Å²) < 4.78 is 1.11. The molecule has 0 unspecified atom stereocenters. The second-order valence-electron chi connectivity index (χ2n) is 12.3. The maximum atomic E-state index is 5.19. The minimum Gasteiger partial charge on any atom is -0.236 e. The van der Waals surface area contributed by atoms with E-state index >= 15 is 0 Å². The molecule has 0 spiro atoms. The van der Waals surface area contributed by atoms with Crippen LogP contribution in [0.5, 0.6) is 0 Å². The molecule has 0 radical (unpaired) electrons. The minimum absolute atomic E-state index is 0.611. The van der Waals surface area contributed by atoms with E-state index in [1.807, 2.05) is 36.4 Å². The monoisotopic (exact) mass is 670 g/mol. The molecule has 7 aromatic carbocycles. The van der Waals surface area contributed by atoms with E-state index in [4.69, 9.17) is 19.9 Å². The molecular weight excluding hydrogens is 641 g/mol. The molecule has 0 saturated heterocycles. The van der Waals surface area contributed by atoms with Gasteiger partial charge in [-0.05, 0) is 69.8 Å². The molecule has 0 fully saturated rings. The number of fused-ring (bicyclic) bond motifs is 1. The van der Waals surface area contributed by atoms with Crippen LogP contribution in [0.15, 0.2) is 182 Å². The van der Waals surface area contributed by atoms with E-state index in [2.05, 4.69) is 146 Å². The fraction of sp³-hybridized carbons (Fsp3) is 0. The Labute approximate surface area is 300 Å². The van der Waals surface area contributed by atoms with E-state index in [0.717, 1.165) is 54.2 Å². The molecule has 51 heavy (non-hydrogen) atoms. The van der Waals surface area contributed by atoms with Crippen LogP contribution in [0, 0.1) is 0 Å². The van der Waals surface area contributed by atoms with Gasteiger partial charge in [-0.25, -0.2) is 19.9 Å². The van der Waals surface area contributed by atoms with Crippen LogP contribution >= 0.6 is 11.3 Å². The van der Waals surface area contributed by atoms with Crippen LogP contribution in [0.25, 0.3) is 88.3 Å². The van der Waals surface area contributed by atoms with Crippen molar-refractivity contribution in [1.29, 1.82) is 0 Å². The van der Waals surface area contributed by atoms with Crippen molar-refractivity contribution in [3.05, 3.63) is 182 Å². The smallest absolute Gasteiger partial charge is 0.164 e. The quantitative estimate of drug-likeness (QED) is 0.169. The van der Waals surface area contributed by atoms with Crippen molar-refractivity contribution in [3.8, 4) is 78.1 Å². The Kier molecular flexibility index (Phi) is 8.01. The third kappa shape index (κ3) is 6.34. The summed E-state index contributed by atoms with van der Waals surface area (Å²) in [5.74, 6) is 1.87. The van der Waals surface area contributed by atoms with Gasteiger partial charge in [-0.15, -0.1) is 11.3 Å². The van der Waals surface area contributed by atoms with Gasteiger partial charge in [0.15, 0.2) is 17.5 Å². The van der Waals surface area contributed by atoms with Crippen molar-refractivity contribution in [2.45, 2.75) is 0 Å². The fourth-order valence-corrected chi connectivity index (χ4v) is 7.26. The molecule has 4 nitrogen and oxygen atoms in total. The normalized spacial score (nSPS) is 11.1. The number of hydrogen-bond acceptors (Lipinski definition) is 5. The molecule has 0 aliphatic rings. The summed E-state index contributed by atoms with van der Waals surface area (Å²) in [6.45, 7) is 0. The van der Waals surface area contributed by atoms with Crippen LogP contribution in [0.2, 0.25) is 0 Å². The molecular formula is C46H30N4S. The second kappa shape index (κ2) is 13.4. The lowest BCUT2D eigenvalue weighted by Gasteiger charge is -2.09. The van der Waals surface area contributed by atoms with Crippen LogP contribution in [0.3, 0.4) is 0 Å². The summed E-state index contributed by atoms with van der Waals surface area (Å²) in [4.78, 5) is 20.1. The average molecular weight is 671 g/mol. The molecule has 0 aliphatic carbocycles. The molecule has 0 saturated carbocycles. The van der Waals surface area contributed by atoms with E-state index < -0.39 is 0 Å². The Bertz CT molecular complexity index is 2540. The van der Waals surface area contributed by atoms with Gasteiger partial charge in [-0.2, -0.15) is 0 Å². The molecule has 2 aromatic heterocycles. The van der Waals surface area contributed by atoms with Gasteiger partial charge >= 0.3 is 0 Å². The first-order chi connectivity index (χ1) is 25.2. The maximum absolute atomic E-state index is 5.19. The summed E-state index contributed by atoms with van der Waals surface area (Å²) in [5.41, 5.74) is 11.8. The molecule has 2 heterocycles. The highest BCUT2D eigenvalue weighted by molar-refractivity contribution is 7.21. The highest BCUT2D eigenvalue weighted by atomic mass is 32.1. The number of hydrogen-bond donors (Lipinski definition) is 0. The topological polar surface area (TPSA) is 51.6 Å². The Hall–Kier alpha value is -6.56. The number of rotatable bonds is 7. The van der Waals surface area contributed by atoms with Gasteiger partial charge in [0, 0.05) is 22.3 Å². The van der Waals surface area contributed by atoms with Crippen molar-refractivity contribution < 1.29 is 0 Å². The third-order valence-corrected chi connectivity index (χ3v) is 10.0. The lowest BCUT2D eigenvalue weighted by Crippen LogP contribution is -2.00. The highest BCUT2D eigenvalue weighted by Crippen LogP contribution is 2.37. The zero-order valence-corrected chi connectivity index (χ0v) is 28.3. The first kappa shape index (κ1) is 30.5. The highest BCUT2D eigenvalue weighted by Gasteiger charge is 2.16. The number of thiazole rings is 1. The lowest BCUT2D eigenvalue weighted by molar-refractivity contribution is 1.07. The molecule has 0 N–H and O–H groups in total. The standard InChI is InChI=1S/C46H30N4S/c1-5-13-31(14-6-1)34-21-23-36(24-22-34)44-48-43(35-19-11-4-12-20-35)49-45(50-44)37-25-26-42-41(30-37)47-46(51-42)40-28-38(32-15-7-2-8-16-32)27-39(29-40)33-17-9-3-10-18-33/h1-30H. The third-order valence-electron chi connectivity index (χ3n) is 8.96. The summed E-state index contributed by atoms with van der Waals surface area (Å²) in [6, 6.07) is 63.0. The zero-order chi connectivity index (χ0) is 34.0. The van der Waals surface area contributed by atoms with Crippen LogP contribution in [-0.4, -0.2) is 19.9 Å². The predicted octanol–water partition coefficient (Wildman–Crippen LogP) is 12.2. The Morgan fingerprint density at radius 2 is 0.647 bits per heavy atom. The molecule has 9 rings (SSSR count).